The van der Waals surface area contributed by atoms with Crippen molar-refractivity contribution in [3.8, 4) is 23.0 Å². The van der Waals surface area contributed by atoms with Gasteiger partial charge in [-0.05, 0) is 81.7 Å². The number of fused-ring (bicyclic) bond motifs is 1. The summed E-state index contributed by atoms with van der Waals surface area (Å²) >= 11 is 7.63. The van der Waals surface area contributed by atoms with Gasteiger partial charge in [0.1, 0.15) is 6.61 Å². The number of thiazole rings is 1. The Morgan fingerprint density at radius 1 is 0.980 bits per heavy atom. The van der Waals surface area contributed by atoms with Crippen LogP contribution in [0.5, 0.6) is 23.0 Å². The standard InChI is InChI=1S/C38H39ClN2O7S/c1-7-13-26-18-24(19-31(46-9-3)35(26)48-22-27-14-11-12-15-28(27)39)20-32-36(42)41-34(25-16-17-29(44-6)30(21-25)45-8-2)33(37(43)47-10-4)23(5)40-38(41)49-32/h7,11-12,14-21,34H,1,8-10,13,22H2,2-6H3/b32-20+/t34-/m1/s1. The smallest absolute Gasteiger partial charge is 0.338 e. The summed E-state index contributed by atoms with van der Waals surface area (Å²) in [5.41, 5.74) is 3.51. The number of allylic oxidation sites excluding steroid dienone is 2. The Bertz CT molecular complexity index is 2080. The van der Waals surface area contributed by atoms with Gasteiger partial charge in [0, 0.05) is 16.1 Å². The summed E-state index contributed by atoms with van der Waals surface area (Å²) in [6.45, 7) is 12.4. The van der Waals surface area contributed by atoms with Gasteiger partial charge in [0.05, 0.1) is 48.8 Å². The summed E-state index contributed by atoms with van der Waals surface area (Å²) in [6.07, 6.45) is 4.09. The highest BCUT2D eigenvalue weighted by Crippen LogP contribution is 2.37. The van der Waals surface area contributed by atoms with Crippen LogP contribution in [0.1, 0.15) is 56.0 Å². The fourth-order valence-corrected chi connectivity index (χ4v) is 6.89. The normalized spacial score (nSPS) is 14.2. The maximum atomic E-state index is 14.3. The molecule has 1 aromatic heterocycles. The maximum Gasteiger partial charge on any atom is 0.338 e. The van der Waals surface area contributed by atoms with Crippen LogP contribution in [0.2, 0.25) is 5.02 Å². The molecule has 9 nitrogen and oxygen atoms in total. The van der Waals surface area contributed by atoms with Crippen molar-refractivity contribution in [2.75, 3.05) is 26.9 Å². The van der Waals surface area contributed by atoms with E-state index >= 15 is 0 Å². The minimum atomic E-state index is -0.807. The van der Waals surface area contributed by atoms with Crippen molar-refractivity contribution in [3.63, 3.8) is 0 Å². The van der Waals surface area contributed by atoms with Gasteiger partial charge in [-0.15, -0.1) is 6.58 Å². The molecule has 0 bridgehead atoms. The summed E-state index contributed by atoms with van der Waals surface area (Å²) in [5, 5.41) is 0.612. The van der Waals surface area contributed by atoms with E-state index in [0.29, 0.717) is 68.2 Å². The number of carbonyl (C=O) groups excluding carboxylic acids is 1. The molecule has 0 spiro atoms. The lowest BCUT2D eigenvalue weighted by molar-refractivity contribution is -0.139. The molecular formula is C38H39ClN2O7S. The molecule has 49 heavy (non-hydrogen) atoms. The third-order valence-corrected chi connectivity index (χ3v) is 9.12. The van der Waals surface area contributed by atoms with Crippen LogP contribution in [0, 0.1) is 0 Å². The number of benzene rings is 3. The molecule has 1 aliphatic heterocycles. The number of esters is 1. The third kappa shape index (κ3) is 7.60. The van der Waals surface area contributed by atoms with Crippen LogP contribution in [-0.2, 0) is 22.6 Å². The number of methoxy groups -OCH3 is 1. The molecule has 0 unspecified atom stereocenters. The van der Waals surface area contributed by atoms with Crippen LogP contribution in [-0.4, -0.2) is 37.5 Å². The van der Waals surface area contributed by atoms with Gasteiger partial charge in [-0.25, -0.2) is 9.79 Å². The largest absolute Gasteiger partial charge is 0.493 e. The Morgan fingerprint density at radius 3 is 2.43 bits per heavy atom. The van der Waals surface area contributed by atoms with Crippen molar-refractivity contribution in [3.05, 3.63) is 125 Å². The highest BCUT2D eigenvalue weighted by atomic mass is 35.5. The molecule has 0 saturated carbocycles. The van der Waals surface area contributed by atoms with Gasteiger partial charge in [-0.1, -0.05) is 53.3 Å². The van der Waals surface area contributed by atoms with Crippen LogP contribution in [0.4, 0.5) is 0 Å². The van der Waals surface area contributed by atoms with Crippen molar-refractivity contribution in [2.45, 2.75) is 46.8 Å². The molecule has 0 amide bonds. The maximum absolute atomic E-state index is 14.3. The first-order valence-corrected chi connectivity index (χ1v) is 17.2. The molecule has 0 aliphatic carbocycles. The van der Waals surface area contributed by atoms with Crippen molar-refractivity contribution >= 4 is 35.0 Å². The number of carbonyl (C=O) groups is 1. The number of hydrogen-bond donors (Lipinski definition) is 0. The highest BCUT2D eigenvalue weighted by molar-refractivity contribution is 7.07. The zero-order chi connectivity index (χ0) is 35.1. The lowest BCUT2D eigenvalue weighted by Gasteiger charge is -2.25. The Kier molecular flexibility index (Phi) is 11.6. The Morgan fingerprint density at radius 2 is 1.73 bits per heavy atom. The topological polar surface area (TPSA) is 97.6 Å². The summed E-state index contributed by atoms with van der Waals surface area (Å²) in [5.74, 6) is 1.61. The van der Waals surface area contributed by atoms with E-state index in [1.807, 2.05) is 56.3 Å². The van der Waals surface area contributed by atoms with Gasteiger partial charge in [-0.3, -0.25) is 9.36 Å². The fourth-order valence-electron chi connectivity index (χ4n) is 5.66. The molecule has 3 aromatic carbocycles. The van der Waals surface area contributed by atoms with E-state index in [4.69, 9.17) is 40.3 Å². The molecule has 2 heterocycles. The van der Waals surface area contributed by atoms with E-state index < -0.39 is 12.0 Å². The second-order valence-electron chi connectivity index (χ2n) is 11.0. The minimum Gasteiger partial charge on any atom is -0.493 e. The Balaban J connectivity index is 1.65. The van der Waals surface area contributed by atoms with Crippen LogP contribution < -0.4 is 33.8 Å². The Labute approximate surface area is 294 Å². The van der Waals surface area contributed by atoms with Crippen LogP contribution in [0.25, 0.3) is 6.08 Å². The lowest BCUT2D eigenvalue weighted by Crippen LogP contribution is -2.40. The van der Waals surface area contributed by atoms with E-state index in [2.05, 4.69) is 6.58 Å². The molecule has 4 aromatic rings. The van der Waals surface area contributed by atoms with E-state index in [1.165, 1.54) is 11.3 Å². The van der Waals surface area contributed by atoms with Crippen molar-refractivity contribution in [2.24, 2.45) is 4.99 Å². The first kappa shape index (κ1) is 35.5. The van der Waals surface area contributed by atoms with E-state index in [0.717, 1.165) is 16.7 Å². The molecular weight excluding hydrogens is 664 g/mol. The summed E-state index contributed by atoms with van der Waals surface area (Å²) < 4.78 is 31.1. The van der Waals surface area contributed by atoms with Crippen molar-refractivity contribution in [1.29, 1.82) is 0 Å². The molecule has 0 saturated heterocycles. The quantitative estimate of drug-likeness (QED) is 0.108. The van der Waals surface area contributed by atoms with E-state index in [9.17, 15) is 9.59 Å². The molecule has 1 aliphatic rings. The lowest BCUT2D eigenvalue weighted by atomic mass is 9.95. The van der Waals surface area contributed by atoms with Crippen molar-refractivity contribution in [1.82, 2.24) is 4.57 Å². The average molecular weight is 703 g/mol. The Hall–Kier alpha value is -4.80. The van der Waals surface area contributed by atoms with Crippen LogP contribution in [0.15, 0.2) is 88.3 Å². The number of halogens is 1. The zero-order valence-corrected chi connectivity index (χ0v) is 29.8. The predicted molar refractivity (Wildman–Crippen MR) is 192 cm³/mol. The van der Waals surface area contributed by atoms with E-state index in [-0.39, 0.29) is 24.3 Å². The van der Waals surface area contributed by atoms with Gasteiger partial charge in [0.25, 0.3) is 5.56 Å². The molecule has 0 fully saturated rings. The number of ether oxygens (including phenoxy) is 5. The van der Waals surface area contributed by atoms with Crippen molar-refractivity contribution < 1.29 is 28.5 Å². The second kappa shape index (κ2) is 16.1. The second-order valence-corrected chi connectivity index (χ2v) is 12.4. The van der Waals surface area contributed by atoms with Gasteiger partial charge in [-0.2, -0.15) is 0 Å². The fraction of sp³-hybridized carbons (Fsp3) is 0.289. The van der Waals surface area contributed by atoms with Gasteiger partial charge >= 0.3 is 5.97 Å². The number of rotatable bonds is 14. The molecule has 256 valence electrons. The molecule has 11 heteroatoms. The zero-order valence-electron chi connectivity index (χ0n) is 28.2. The predicted octanol–water partition coefficient (Wildman–Crippen LogP) is 6.57. The number of aromatic nitrogens is 1. The number of hydrogen-bond acceptors (Lipinski definition) is 9. The van der Waals surface area contributed by atoms with Gasteiger partial charge in [0.15, 0.2) is 27.8 Å². The first-order valence-electron chi connectivity index (χ1n) is 16.0. The summed E-state index contributed by atoms with van der Waals surface area (Å²) in [4.78, 5) is 32.9. The first-order chi connectivity index (χ1) is 23.7. The minimum absolute atomic E-state index is 0.173. The molecule has 1 atom stereocenters. The molecule has 0 radical (unpaired) electrons. The summed E-state index contributed by atoms with van der Waals surface area (Å²) in [7, 11) is 1.56. The van der Waals surface area contributed by atoms with Crippen LogP contribution in [0.3, 0.4) is 0 Å². The van der Waals surface area contributed by atoms with Gasteiger partial charge < -0.3 is 23.7 Å². The average Bonchev–Trinajstić information content (AvgIpc) is 3.38. The SMILES string of the molecule is C=CCc1cc(/C=c2/sc3n(c2=O)[C@H](c2ccc(OC)c(OCC)c2)C(C(=O)OCC)=C(C)N=3)cc(OCC)c1OCc1ccccc1Cl. The highest BCUT2D eigenvalue weighted by Gasteiger charge is 2.34. The number of nitrogens with zero attached hydrogens (tertiary/aromatic N) is 2. The van der Waals surface area contributed by atoms with E-state index in [1.54, 1.807) is 49.8 Å². The molecule has 0 N–H and O–H groups in total. The third-order valence-electron chi connectivity index (χ3n) is 7.77. The monoisotopic (exact) mass is 702 g/mol. The van der Waals surface area contributed by atoms with Gasteiger partial charge in [0.2, 0.25) is 0 Å². The summed E-state index contributed by atoms with van der Waals surface area (Å²) in [6, 6.07) is 15.9. The molecule has 5 rings (SSSR count). The van der Waals surface area contributed by atoms with Crippen LogP contribution >= 0.6 is 22.9 Å².